The Balaban J connectivity index is 1.85. The Labute approximate surface area is 192 Å². The Kier molecular flexibility index (Phi) is 6.34. The molecule has 1 amide bonds. The summed E-state index contributed by atoms with van der Waals surface area (Å²) in [4.78, 5) is 36.7. The summed E-state index contributed by atoms with van der Waals surface area (Å²) in [5.74, 6) is -1.51. The van der Waals surface area contributed by atoms with Crippen molar-refractivity contribution in [3.05, 3.63) is 52.9 Å². The maximum absolute atomic E-state index is 14.7. The van der Waals surface area contributed by atoms with Gasteiger partial charge in [0.2, 0.25) is 0 Å². The molecule has 1 aliphatic rings. The molecule has 3 aromatic rings. The molecule has 0 spiro atoms. The average Bonchev–Trinajstić information content (AvgIpc) is 3.05. The fraction of sp³-hybridized carbons (Fsp3) is 0.333. The molecule has 0 aliphatic carbocycles. The van der Waals surface area contributed by atoms with Crippen LogP contribution in [0.15, 0.2) is 24.3 Å². The van der Waals surface area contributed by atoms with E-state index in [2.05, 4.69) is 9.51 Å². The van der Waals surface area contributed by atoms with Crippen molar-refractivity contribution in [1.29, 1.82) is 0 Å². The molecule has 0 bridgehead atoms. The van der Waals surface area contributed by atoms with Crippen LogP contribution in [0.3, 0.4) is 0 Å². The van der Waals surface area contributed by atoms with E-state index in [1.54, 1.807) is 21.0 Å². The zero-order chi connectivity index (χ0) is 24.8. The van der Waals surface area contributed by atoms with Gasteiger partial charge in [-0.3, -0.25) is 9.32 Å². The molecule has 0 radical (unpaired) electrons. The van der Waals surface area contributed by atoms with Gasteiger partial charge in [-0.2, -0.15) is 0 Å². The molecule has 182 valence electrons. The second-order valence-corrected chi connectivity index (χ2v) is 9.16. The third-order valence-corrected chi connectivity index (χ3v) is 5.74. The van der Waals surface area contributed by atoms with Crippen LogP contribution in [0.5, 0.6) is 11.5 Å². The van der Waals surface area contributed by atoms with Gasteiger partial charge in [0, 0.05) is 38.2 Å². The van der Waals surface area contributed by atoms with Crippen LogP contribution in [0, 0.1) is 18.6 Å². The molecular formula is C21H22F2N3O7P. The molecule has 10 nitrogen and oxygen atoms in total. The van der Waals surface area contributed by atoms with Crippen LogP contribution >= 0.6 is 7.82 Å². The summed E-state index contributed by atoms with van der Waals surface area (Å²) in [5, 5.41) is 0. The number of rotatable bonds is 6. The van der Waals surface area contributed by atoms with Gasteiger partial charge in [-0.1, -0.05) is 0 Å². The highest BCUT2D eigenvalue weighted by Crippen LogP contribution is 2.41. The molecule has 13 heteroatoms. The number of phosphoric ester groups is 1. The number of fused-ring (bicyclic) bond motifs is 2. The summed E-state index contributed by atoms with van der Waals surface area (Å²) in [6.45, 7) is 1.18. The molecule has 0 saturated carbocycles. The molecule has 0 fully saturated rings. The third kappa shape index (κ3) is 4.76. The number of carbonyl (C=O) groups excluding carboxylic acids is 1. The first-order valence-electron chi connectivity index (χ1n) is 10.2. The molecule has 4 rings (SSSR count). The summed E-state index contributed by atoms with van der Waals surface area (Å²) < 4.78 is 57.2. The Bertz CT molecular complexity index is 1320. The van der Waals surface area contributed by atoms with Gasteiger partial charge in [-0.25, -0.2) is 18.3 Å². The minimum absolute atomic E-state index is 0.0139. The smallest absolute Gasteiger partial charge is 0.471 e. The first kappa shape index (κ1) is 24.1. The number of carbonyl (C=O) groups is 1. The number of nitrogens with zero attached hydrogens (tertiary/aromatic N) is 3. The van der Waals surface area contributed by atoms with Crippen molar-refractivity contribution >= 4 is 24.8 Å². The number of phosphoric acid groups is 1. The lowest BCUT2D eigenvalue weighted by Gasteiger charge is -2.27. The first-order valence-corrected chi connectivity index (χ1v) is 11.7. The van der Waals surface area contributed by atoms with Gasteiger partial charge in [0.25, 0.3) is 5.91 Å². The predicted molar refractivity (Wildman–Crippen MR) is 115 cm³/mol. The van der Waals surface area contributed by atoms with Gasteiger partial charge in [-0.15, -0.1) is 0 Å². The number of ether oxygens (including phenoxy) is 2. The van der Waals surface area contributed by atoms with Crippen LogP contribution in [0.4, 0.5) is 8.78 Å². The Morgan fingerprint density at radius 1 is 1.29 bits per heavy atom. The van der Waals surface area contributed by atoms with Crippen LogP contribution < -0.4 is 9.47 Å². The molecule has 2 heterocycles. The fourth-order valence-corrected chi connectivity index (χ4v) is 4.06. The van der Waals surface area contributed by atoms with Crippen molar-refractivity contribution in [1.82, 2.24) is 14.5 Å². The molecular weight excluding hydrogens is 475 g/mol. The van der Waals surface area contributed by atoms with Crippen LogP contribution in [-0.2, 0) is 15.8 Å². The monoisotopic (exact) mass is 497 g/mol. The quantitative estimate of drug-likeness (QED) is 0.498. The molecule has 1 aliphatic heterocycles. The van der Waals surface area contributed by atoms with E-state index in [1.807, 2.05) is 0 Å². The van der Waals surface area contributed by atoms with E-state index in [1.165, 1.54) is 21.6 Å². The second kappa shape index (κ2) is 8.95. The number of aromatic nitrogens is 2. The largest absolute Gasteiger partial charge is 0.493 e. The lowest BCUT2D eigenvalue weighted by molar-refractivity contribution is 0.0826. The number of hydrogen-bond acceptors (Lipinski definition) is 6. The number of aryl methyl sites for hydroxylation is 1. The average molecular weight is 497 g/mol. The number of benzene rings is 2. The van der Waals surface area contributed by atoms with Crippen LogP contribution in [0.2, 0.25) is 0 Å². The lowest BCUT2D eigenvalue weighted by Crippen LogP contribution is -2.23. The van der Waals surface area contributed by atoms with E-state index in [0.717, 1.165) is 12.1 Å². The van der Waals surface area contributed by atoms with Gasteiger partial charge in [0.1, 0.15) is 47.3 Å². The fourth-order valence-electron chi connectivity index (χ4n) is 3.79. The van der Waals surface area contributed by atoms with E-state index in [4.69, 9.17) is 19.3 Å². The first-order chi connectivity index (χ1) is 15.9. The molecule has 34 heavy (non-hydrogen) atoms. The summed E-state index contributed by atoms with van der Waals surface area (Å²) in [6.07, 6.45) is -0.654. The summed E-state index contributed by atoms with van der Waals surface area (Å²) in [6, 6.07) is 4.75. The van der Waals surface area contributed by atoms with Crippen LogP contribution in [-0.4, -0.2) is 50.8 Å². The highest BCUT2D eigenvalue weighted by molar-refractivity contribution is 7.46. The predicted octanol–water partition coefficient (Wildman–Crippen LogP) is 3.29. The second-order valence-electron chi connectivity index (χ2n) is 7.92. The number of amides is 1. The van der Waals surface area contributed by atoms with Gasteiger partial charge in [0.05, 0.1) is 17.7 Å². The maximum Gasteiger partial charge on any atom is 0.471 e. The van der Waals surface area contributed by atoms with Crippen LogP contribution in [0.25, 0.3) is 11.0 Å². The molecule has 1 atom stereocenters. The van der Waals surface area contributed by atoms with Crippen molar-refractivity contribution < 1.29 is 41.9 Å². The Morgan fingerprint density at radius 3 is 2.71 bits per heavy atom. The molecule has 0 saturated heterocycles. The molecule has 0 unspecified atom stereocenters. The Morgan fingerprint density at radius 2 is 2.03 bits per heavy atom. The SMILES string of the molecule is Cc1nc2cc(C(=O)N(C)C)cc(O[C@H]3CCOc4cc(F)cc(F)c43)c2n1COP(=O)(O)O. The third-order valence-electron chi connectivity index (χ3n) is 5.29. The van der Waals surface area contributed by atoms with E-state index < -0.39 is 32.3 Å². The highest BCUT2D eigenvalue weighted by Gasteiger charge is 2.30. The minimum atomic E-state index is -4.80. The standard InChI is InChI=1S/C21H22F2N3O7P/c1-11-24-15-6-12(21(27)25(2)3)7-18(20(15)26(11)10-32-34(28,29)30)33-16-4-5-31-17-9-13(22)8-14(23)19(16)17/h6-9,16H,4-5,10H2,1-3H3,(H2,28,29,30)/t16-/m0/s1. The number of halogens is 2. The van der Waals surface area contributed by atoms with Crippen molar-refractivity contribution in [2.24, 2.45) is 0 Å². The number of imidazole rings is 1. The lowest BCUT2D eigenvalue weighted by atomic mass is 10.0. The molecule has 2 aromatic carbocycles. The topological polar surface area (TPSA) is 123 Å². The van der Waals surface area contributed by atoms with Crippen molar-refractivity contribution in [3.63, 3.8) is 0 Å². The summed E-state index contributed by atoms with van der Waals surface area (Å²) in [5.41, 5.74) is 0.859. The van der Waals surface area contributed by atoms with Gasteiger partial charge in [0.15, 0.2) is 0 Å². The maximum atomic E-state index is 14.7. The summed E-state index contributed by atoms with van der Waals surface area (Å²) >= 11 is 0. The van der Waals surface area contributed by atoms with E-state index >= 15 is 0 Å². The molecule has 1 aromatic heterocycles. The zero-order valence-corrected chi connectivity index (χ0v) is 19.4. The minimum Gasteiger partial charge on any atom is -0.493 e. The van der Waals surface area contributed by atoms with E-state index in [9.17, 15) is 18.1 Å². The number of hydrogen-bond donors (Lipinski definition) is 2. The normalized spacial score (nSPS) is 15.7. The van der Waals surface area contributed by atoms with Crippen molar-refractivity contribution in [2.45, 2.75) is 26.2 Å². The highest BCUT2D eigenvalue weighted by atomic mass is 31.2. The van der Waals surface area contributed by atoms with Gasteiger partial charge >= 0.3 is 7.82 Å². The zero-order valence-electron chi connectivity index (χ0n) is 18.5. The van der Waals surface area contributed by atoms with Crippen LogP contribution in [0.1, 0.15) is 34.3 Å². The molecule has 2 N–H and O–H groups in total. The van der Waals surface area contributed by atoms with Gasteiger partial charge < -0.3 is 28.7 Å². The van der Waals surface area contributed by atoms with Gasteiger partial charge in [-0.05, 0) is 19.1 Å². The Hall–Kier alpha value is -3.05. The van der Waals surface area contributed by atoms with E-state index in [-0.39, 0.29) is 47.1 Å². The van der Waals surface area contributed by atoms with Crippen molar-refractivity contribution in [3.8, 4) is 11.5 Å². The van der Waals surface area contributed by atoms with Crippen molar-refractivity contribution in [2.75, 3.05) is 20.7 Å². The summed E-state index contributed by atoms with van der Waals surface area (Å²) in [7, 11) is -1.65. The van der Waals surface area contributed by atoms with E-state index in [0.29, 0.717) is 11.3 Å².